The van der Waals surface area contributed by atoms with E-state index in [-0.39, 0.29) is 5.54 Å². The van der Waals surface area contributed by atoms with Gasteiger partial charge in [-0.05, 0) is 51.6 Å². The van der Waals surface area contributed by atoms with E-state index in [0.29, 0.717) is 11.3 Å². The number of likely N-dealkylation sites (N-methyl/N-ethyl adjacent to an activating group) is 1. The molecule has 1 amide bonds. The van der Waals surface area contributed by atoms with Crippen molar-refractivity contribution in [2.75, 3.05) is 31.7 Å². The summed E-state index contributed by atoms with van der Waals surface area (Å²) in [5.41, 5.74) is 13.3. The van der Waals surface area contributed by atoms with Gasteiger partial charge in [0.2, 0.25) is 5.91 Å². The molecule has 1 aliphatic carbocycles. The fraction of sp³-hybridized carbons (Fsp3) is 0.500. The molecular formula is C14H22N4O. The molecule has 0 aromatic heterocycles. The summed E-state index contributed by atoms with van der Waals surface area (Å²) in [5, 5.41) is 3.38. The van der Waals surface area contributed by atoms with Crippen molar-refractivity contribution in [3.63, 3.8) is 0 Å². The van der Waals surface area contributed by atoms with Crippen LogP contribution in [0.4, 0.5) is 11.4 Å². The van der Waals surface area contributed by atoms with E-state index in [9.17, 15) is 4.79 Å². The fourth-order valence-corrected chi connectivity index (χ4v) is 2.50. The van der Waals surface area contributed by atoms with E-state index in [1.54, 1.807) is 12.1 Å². The highest BCUT2D eigenvalue weighted by atomic mass is 16.1. The predicted molar refractivity (Wildman–Crippen MR) is 78.1 cm³/mol. The molecule has 5 nitrogen and oxygen atoms in total. The average Bonchev–Trinajstić information content (AvgIpc) is 2.28. The Balaban J connectivity index is 2.06. The molecule has 0 spiro atoms. The zero-order valence-corrected chi connectivity index (χ0v) is 11.6. The number of nitrogens with zero attached hydrogens (tertiary/aromatic N) is 1. The van der Waals surface area contributed by atoms with Crippen LogP contribution >= 0.6 is 0 Å². The third-order valence-electron chi connectivity index (χ3n) is 4.18. The predicted octanol–water partition coefficient (Wildman–Crippen LogP) is 1.26. The summed E-state index contributed by atoms with van der Waals surface area (Å²) >= 11 is 0. The van der Waals surface area contributed by atoms with Gasteiger partial charge in [0.25, 0.3) is 0 Å². The van der Waals surface area contributed by atoms with Crippen molar-refractivity contribution in [3.8, 4) is 0 Å². The lowest BCUT2D eigenvalue weighted by molar-refractivity contribution is 0.0739. The van der Waals surface area contributed by atoms with Crippen molar-refractivity contribution in [1.82, 2.24) is 4.90 Å². The van der Waals surface area contributed by atoms with Crippen LogP contribution in [0.25, 0.3) is 0 Å². The minimum Gasteiger partial charge on any atom is -0.397 e. The average molecular weight is 262 g/mol. The number of benzene rings is 1. The van der Waals surface area contributed by atoms with E-state index >= 15 is 0 Å². The van der Waals surface area contributed by atoms with E-state index in [2.05, 4.69) is 24.3 Å². The second-order valence-corrected chi connectivity index (χ2v) is 5.49. The Morgan fingerprint density at radius 1 is 1.42 bits per heavy atom. The van der Waals surface area contributed by atoms with Crippen LogP contribution in [0.5, 0.6) is 0 Å². The standard InChI is InChI=1S/C14H22N4O/c1-18(2)14(6-3-7-14)9-17-12-5-4-10(13(16)19)8-11(12)15/h4-5,8,17H,3,6-7,9,15H2,1-2H3,(H2,16,19). The molecule has 0 unspecified atom stereocenters. The second-order valence-electron chi connectivity index (χ2n) is 5.49. The summed E-state index contributed by atoms with van der Waals surface area (Å²) in [6, 6.07) is 5.13. The van der Waals surface area contributed by atoms with E-state index in [1.807, 2.05) is 6.07 Å². The van der Waals surface area contributed by atoms with Gasteiger partial charge in [-0.15, -0.1) is 0 Å². The van der Waals surface area contributed by atoms with Crippen molar-refractivity contribution in [2.24, 2.45) is 5.73 Å². The highest BCUT2D eigenvalue weighted by Gasteiger charge is 2.38. The van der Waals surface area contributed by atoms with Gasteiger partial charge in [0.05, 0.1) is 11.4 Å². The van der Waals surface area contributed by atoms with Crippen LogP contribution < -0.4 is 16.8 Å². The molecule has 0 saturated heterocycles. The Morgan fingerprint density at radius 2 is 2.11 bits per heavy atom. The lowest BCUT2D eigenvalue weighted by atomic mass is 9.75. The first-order chi connectivity index (χ1) is 8.94. The smallest absolute Gasteiger partial charge is 0.248 e. The van der Waals surface area contributed by atoms with Gasteiger partial charge >= 0.3 is 0 Å². The van der Waals surface area contributed by atoms with Gasteiger partial charge < -0.3 is 21.7 Å². The fourth-order valence-electron chi connectivity index (χ4n) is 2.50. The first kappa shape index (κ1) is 13.7. The number of rotatable bonds is 5. The van der Waals surface area contributed by atoms with Gasteiger partial charge in [0.15, 0.2) is 0 Å². The Labute approximate surface area is 113 Å². The van der Waals surface area contributed by atoms with E-state index < -0.39 is 5.91 Å². The first-order valence-corrected chi connectivity index (χ1v) is 6.55. The Hall–Kier alpha value is -1.75. The Bertz CT molecular complexity index is 480. The maximum atomic E-state index is 11.1. The summed E-state index contributed by atoms with van der Waals surface area (Å²) in [6.45, 7) is 0.861. The van der Waals surface area contributed by atoms with E-state index in [1.165, 1.54) is 19.3 Å². The number of anilines is 2. The van der Waals surface area contributed by atoms with Crippen LogP contribution in [0.3, 0.4) is 0 Å². The van der Waals surface area contributed by atoms with E-state index in [4.69, 9.17) is 11.5 Å². The number of nitrogens with one attached hydrogen (secondary N) is 1. The van der Waals surface area contributed by atoms with Gasteiger partial charge in [0, 0.05) is 17.6 Å². The van der Waals surface area contributed by atoms with Crippen LogP contribution in [0.1, 0.15) is 29.6 Å². The van der Waals surface area contributed by atoms with Crippen LogP contribution in [-0.4, -0.2) is 37.0 Å². The highest BCUT2D eigenvalue weighted by molar-refractivity contribution is 5.94. The van der Waals surface area contributed by atoms with Gasteiger partial charge in [0.1, 0.15) is 0 Å². The molecule has 5 N–H and O–H groups in total. The van der Waals surface area contributed by atoms with Crippen molar-refractivity contribution < 1.29 is 4.79 Å². The molecule has 5 heteroatoms. The molecule has 1 aromatic carbocycles. The zero-order chi connectivity index (χ0) is 14.0. The minimum absolute atomic E-state index is 0.231. The Kier molecular flexibility index (Phi) is 3.66. The quantitative estimate of drug-likeness (QED) is 0.698. The number of nitrogen functional groups attached to an aromatic ring is 1. The molecule has 2 rings (SSSR count). The normalized spacial score (nSPS) is 17.0. The number of amides is 1. The number of carbonyl (C=O) groups is 1. The molecule has 104 valence electrons. The summed E-state index contributed by atoms with van der Waals surface area (Å²) in [4.78, 5) is 13.3. The van der Waals surface area contributed by atoms with Crippen LogP contribution in [0.2, 0.25) is 0 Å². The lowest BCUT2D eigenvalue weighted by Gasteiger charge is -2.47. The maximum Gasteiger partial charge on any atom is 0.248 e. The molecule has 1 fully saturated rings. The number of hydrogen-bond acceptors (Lipinski definition) is 4. The van der Waals surface area contributed by atoms with Crippen molar-refractivity contribution >= 4 is 17.3 Å². The SMILES string of the molecule is CN(C)C1(CNc2ccc(C(N)=O)cc2N)CCC1. The third kappa shape index (κ3) is 2.66. The summed E-state index contributed by atoms with van der Waals surface area (Å²) in [5.74, 6) is -0.456. The zero-order valence-electron chi connectivity index (χ0n) is 11.6. The molecule has 1 aromatic rings. The summed E-state index contributed by atoms with van der Waals surface area (Å²) in [6.07, 6.45) is 3.68. The minimum atomic E-state index is -0.456. The maximum absolute atomic E-state index is 11.1. The monoisotopic (exact) mass is 262 g/mol. The molecule has 1 saturated carbocycles. The van der Waals surface area contributed by atoms with Gasteiger partial charge in [-0.25, -0.2) is 0 Å². The molecule has 0 radical (unpaired) electrons. The van der Waals surface area contributed by atoms with Crippen LogP contribution in [0, 0.1) is 0 Å². The molecule has 0 bridgehead atoms. The van der Waals surface area contributed by atoms with Gasteiger partial charge in [-0.3, -0.25) is 4.79 Å². The lowest BCUT2D eigenvalue weighted by Crippen LogP contribution is -2.54. The molecule has 19 heavy (non-hydrogen) atoms. The third-order valence-corrected chi connectivity index (χ3v) is 4.18. The largest absolute Gasteiger partial charge is 0.397 e. The number of nitrogens with two attached hydrogens (primary N) is 2. The van der Waals surface area contributed by atoms with Crippen LogP contribution in [-0.2, 0) is 0 Å². The first-order valence-electron chi connectivity index (χ1n) is 6.55. The molecule has 1 aliphatic rings. The van der Waals surface area contributed by atoms with E-state index in [0.717, 1.165) is 12.2 Å². The Morgan fingerprint density at radius 3 is 2.53 bits per heavy atom. The van der Waals surface area contributed by atoms with Crippen LogP contribution in [0.15, 0.2) is 18.2 Å². The molecule has 0 heterocycles. The molecular weight excluding hydrogens is 240 g/mol. The number of carbonyl (C=O) groups excluding carboxylic acids is 1. The van der Waals surface area contributed by atoms with Crippen molar-refractivity contribution in [3.05, 3.63) is 23.8 Å². The van der Waals surface area contributed by atoms with Crippen molar-refractivity contribution in [2.45, 2.75) is 24.8 Å². The molecule has 0 atom stereocenters. The summed E-state index contributed by atoms with van der Waals surface area (Å²) in [7, 11) is 4.22. The summed E-state index contributed by atoms with van der Waals surface area (Å²) < 4.78 is 0. The van der Waals surface area contributed by atoms with Gasteiger partial charge in [-0.2, -0.15) is 0 Å². The highest BCUT2D eigenvalue weighted by Crippen LogP contribution is 2.36. The molecule has 0 aliphatic heterocycles. The number of hydrogen-bond donors (Lipinski definition) is 3. The van der Waals surface area contributed by atoms with Crippen molar-refractivity contribution in [1.29, 1.82) is 0 Å². The number of primary amides is 1. The topological polar surface area (TPSA) is 84.4 Å². The second kappa shape index (κ2) is 5.09. The van der Waals surface area contributed by atoms with Gasteiger partial charge in [-0.1, -0.05) is 0 Å².